The molecule has 14 heteroatoms. The van der Waals surface area contributed by atoms with Crippen LogP contribution < -0.4 is 9.47 Å². The molecular weight excluding hydrogens is 940 g/mol. The highest BCUT2D eigenvalue weighted by molar-refractivity contribution is 6.03. The van der Waals surface area contributed by atoms with Crippen molar-refractivity contribution in [2.24, 2.45) is 22.9 Å². The first-order valence-electron chi connectivity index (χ1n) is 27.1. The van der Waals surface area contributed by atoms with Crippen LogP contribution in [0.3, 0.4) is 0 Å². The number of carbonyl (C=O) groups excluding carboxylic acids is 1. The number of oxime groups is 1. The van der Waals surface area contributed by atoms with Crippen molar-refractivity contribution in [1.82, 2.24) is 9.88 Å². The molecule has 2 heterocycles. The van der Waals surface area contributed by atoms with Gasteiger partial charge in [0.15, 0.2) is 0 Å². The standard InChI is InChI=1S/C60H77FN4O9/c1-4-6-7-8-9-10-11-12-13-23-57(68)64(40-44-24-28-47(61)29-25-44)56-39-54(63-73-41-45-26-30-49(31-27-45)65(69)70)52-37-46(20-14-16-34-66)51(22-15-17-35-67)58-53-38-50(71-42-48-21-18-19-43(3)62-48)32-33-55(53)74-60(56,59(52)58)72-36-5-2/h5,18-19,21,24-33,37-38,46,51,56,58-59,66-67H,2,4,6-17,20,22-23,34-36,39-42H2,1,3H3/t46-,51+,56-,58+,59+,60+/m0/s1. The van der Waals surface area contributed by atoms with Gasteiger partial charge in [0.25, 0.3) is 5.69 Å². The first-order valence-corrected chi connectivity index (χ1v) is 27.1. The second-order valence-corrected chi connectivity index (χ2v) is 20.3. The SMILES string of the molecule is C=CCO[C@@]12Oc3ccc(OCc4cccc(C)n4)cc3[C@H]3[C@H](CCCCO)[C@@H](CCCCO)C=C(C(=NOCc4ccc([N+](=O)[O-])cc4)C[C@@H]1N(Cc1ccc(F)cc1)C(=O)CCCCCCCCCCC)[C@H]32. The predicted octanol–water partition coefficient (Wildman–Crippen LogP) is 12.8. The third-order valence-corrected chi connectivity index (χ3v) is 15.0. The molecule has 0 saturated heterocycles. The van der Waals surface area contributed by atoms with E-state index in [1.807, 2.05) is 42.2 Å². The number of unbranched alkanes of at least 4 members (excludes halogenated alkanes) is 10. The van der Waals surface area contributed by atoms with Crippen molar-refractivity contribution in [3.8, 4) is 11.5 Å². The van der Waals surface area contributed by atoms with Gasteiger partial charge in [-0.1, -0.05) is 107 Å². The lowest BCUT2D eigenvalue weighted by Crippen LogP contribution is -2.70. The largest absolute Gasteiger partial charge is 0.487 e. The molecule has 6 atom stereocenters. The molecule has 3 aliphatic rings. The molecule has 4 aromatic rings. The zero-order chi connectivity index (χ0) is 52.3. The number of aryl methyl sites for hydroxylation is 1. The Balaban J connectivity index is 1.37. The molecule has 1 amide bonds. The van der Waals surface area contributed by atoms with Gasteiger partial charge >= 0.3 is 0 Å². The number of ether oxygens (including phenoxy) is 3. The summed E-state index contributed by atoms with van der Waals surface area (Å²) in [5.41, 5.74) is 5.51. The Labute approximate surface area is 437 Å². The molecule has 1 saturated carbocycles. The lowest BCUT2D eigenvalue weighted by Gasteiger charge is -2.60. The van der Waals surface area contributed by atoms with Crippen LogP contribution >= 0.6 is 0 Å². The van der Waals surface area contributed by atoms with Crippen molar-refractivity contribution in [2.75, 3.05) is 19.8 Å². The number of halogens is 1. The van der Waals surface area contributed by atoms with Gasteiger partial charge in [0.1, 0.15) is 36.6 Å². The van der Waals surface area contributed by atoms with Gasteiger partial charge in [0.05, 0.1) is 28.9 Å². The number of pyridine rings is 1. The lowest BCUT2D eigenvalue weighted by atomic mass is 9.55. The Kier molecular flexibility index (Phi) is 21.2. The number of aromatic nitrogens is 1. The molecule has 0 spiro atoms. The van der Waals surface area contributed by atoms with E-state index in [1.54, 1.807) is 30.3 Å². The summed E-state index contributed by atoms with van der Waals surface area (Å²) in [7, 11) is 0. The number of hydrogen-bond acceptors (Lipinski definition) is 11. The zero-order valence-electron chi connectivity index (χ0n) is 43.5. The maximum Gasteiger partial charge on any atom is 0.269 e. The molecular formula is C60H77FN4O9. The molecule has 74 heavy (non-hydrogen) atoms. The summed E-state index contributed by atoms with van der Waals surface area (Å²) < 4.78 is 35.8. The Bertz CT molecular complexity index is 2500. The summed E-state index contributed by atoms with van der Waals surface area (Å²) in [6, 6.07) is 23.4. The minimum absolute atomic E-state index is 0.000586. The number of rotatable bonds is 31. The molecule has 2 N–H and O–H groups in total. The molecule has 1 fully saturated rings. The van der Waals surface area contributed by atoms with Gasteiger partial charge in [-0.3, -0.25) is 19.9 Å². The molecule has 2 aliphatic carbocycles. The van der Waals surface area contributed by atoms with E-state index >= 15 is 4.79 Å². The first-order chi connectivity index (χ1) is 36.1. The molecule has 13 nitrogen and oxygen atoms in total. The predicted molar refractivity (Wildman–Crippen MR) is 285 cm³/mol. The van der Waals surface area contributed by atoms with Crippen molar-refractivity contribution in [1.29, 1.82) is 0 Å². The third kappa shape index (κ3) is 14.5. The van der Waals surface area contributed by atoms with E-state index in [9.17, 15) is 24.7 Å². The first kappa shape index (κ1) is 55.8. The molecule has 398 valence electrons. The van der Waals surface area contributed by atoms with Crippen molar-refractivity contribution in [3.05, 3.63) is 153 Å². The summed E-state index contributed by atoms with van der Waals surface area (Å²) in [5, 5.41) is 36.6. The Morgan fingerprint density at radius 2 is 1.61 bits per heavy atom. The van der Waals surface area contributed by atoms with Gasteiger partial charge in [-0.25, -0.2) is 4.39 Å². The Hall–Kier alpha value is -5.96. The number of carbonyl (C=O) groups is 1. The molecule has 0 unspecified atom stereocenters. The van der Waals surface area contributed by atoms with Crippen LogP contribution in [0.15, 0.2) is 114 Å². The molecule has 3 aromatic carbocycles. The van der Waals surface area contributed by atoms with Gasteiger partial charge in [-0.15, -0.1) is 6.58 Å². The number of non-ortho nitro benzene ring substituents is 1. The lowest BCUT2D eigenvalue weighted by molar-refractivity contribution is -0.384. The van der Waals surface area contributed by atoms with E-state index in [2.05, 4.69) is 30.6 Å². The highest BCUT2D eigenvalue weighted by Crippen LogP contribution is 2.62. The Morgan fingerprint density at radius 1 is 0.905 bits per heavy atom. The summed E-state index contributed by atoms with van der Waals surface area (Å²) in [4.78, 5) is 39.1. The zero-order valence-corrected chi connectivity index (χ0v) is 43.5. The number of nitrogens with zero attached hydrogens (tertiary/aromatic N) is 4. The number of benzene rings is 3. The average Bonchev–Trinajstić information content (AvgIpc) is 3.45. The molecule has 1 aromatic heterocycles. The summed E-state index contributed by atoms with van der Waals surface area (Å²) in [5.74, 6) is -1.58. The van der Waals surface area contributed by atoms with Crippen LogP contribution in [0.4, 0.5) is 10.1 Å². The van der Waals surface area contributed by atoms with Crippen LogP contribution in [-0.4, -0.2) is 68.3 Å². The number of amides is 1. The Morgan fingerprint density at radius 3 is 2.30 bits per heavy atom. The average molecular weight is 1020 g/mol. The van der Waals surface area contributed by atoms with Crippen LogP contribution in [0.5, 0.6) is 11.5 Å². The van der Waals surface area contributed by atoms with Crippen LogP contribution in [0.2, 0.25) is 0 Å². The monoisotopic (exact) mass is 1020 g/mol. The smallest absolute Gasteiger partial charge is 0.269 e. The van der Waals surface area contributed by atoms with E-state index in [1.165, 1.54) is 56.4 Å². The van der Waals surface area contributed by atoms with Gasteiger partial charge in [-0.05, 0) is 122 Å². The fourth-order valence-corrected chi connectivity index (χ4v) is 11.4. The van der Waals surface area contributed by atoms with E-state index < -0.39 is 22.7 Å². The number of fused-ring (bicyclic) bond motifs is 2. The van der Waals surface area contributed by atoms with E-state index in [-0.39, 0.29) is 87.6 Å². The molecule has 1 aliphatic heterocycles. The van der Waals surface area contributed by atoms with E-state index in [0.29, 0.717) is 42.0 Å². The summed E-state index contributed by atoms with van der Waals surface area (Å²) in [6.45, 7) is 8.90. The topological polar surface area (TPSA) is 166 Å². The quantitative estimate of drug-likeness (QED) is 0.0214. The van der Waals surface area contributed by atoms with Crippen LogP contribution in [0, 0.1) is 40.6 Å². The van der Waals surface area contributed by atoms with Gasteiger partial charge < -0.3 is 34.2 Å². The number of nitro groups is 1. The summed E-state index contributed by atoms with van der Waals surface area (Å²) in [6.07, 6.45) is 18.7. The molecule has 0 radical (unpaired) electrons. The minimum atomic E-state index is -1.50. The number of allylic oxidation sites excluding steroid dienone is 1. The molecule has 0 bridgehead atoms. The number of aliphatic hydroxyl groups excluding tert-OH is 2. The van der Waals surface area contributed by atoms with Gasteiger partial charge in [-0.2, -0.15) is 0 Å². The fourth-order valence-electron chi connectivity index (χ4n) is 11.4. The van der Waals surface area contributed by atoms with Crippen LogP contribution in [0.1, 0.15) is 150 Å². The fraction of sp³-hybridized carbons (Fsp3) is 0.517. The van der Waals surface area contributed by atoms with E-state index in [0.717, 1.165) is 73.0 Å². The van der Waals surface area contributed by atoms with Gasteiger partial charge in [0.2, 0.25) is 11.7 Å². The second kappa shape index (κ2) is 28.1. The van der Waals surface area contributed by atoms with Crippen LogP contribution in [-0.2, 0) is 34.1 Å². The van der Waals surface area contributed by atoms with Crippen LogP contribution in [0.25, 0.3) is 0 Å². The number of nitro benzene ring substituents is 1. The molecule has 7 rings (SSSR count). The second-order valence-electron chi connectivity index (χ2n) is 20.3. The van der Waals surface area contributed by atoms with E-state index in [4.69, 9.17) is 24.2 Å². The minimum Gasteiger partial charge on any atom is -0.487 e. The van der Waals surface area contributed by atoms with Crippen molar-refractivity contribution < 1.29 is 43.4 Å². The van der Waals surface area contributed by atoms with Gasteiger partial charge in [0, 0.05) is 61.9 Å². The highest BCUT2D eigenvalue weighted by Gasteiger charge is 2.65. The number of hydrogen-bond donors (Lipinski definition) is 2. The highest BCUT2D eigenvalue weighted by atomic mass is 19.1. The summed E-state index contributed by atoms with van der Waals surface area (Å²) >= 11 is 0. The third-order valence-electron chi connectivity index (χ3n) is 15.0. The maximum absolute atomic E-state index is 15.3. The van der Waals surface area contributed by atoms with Crippen molar-refractivity contribution in [3.63, 3.8) is 0 Å². The van der Waals surface area contributed by atoms with Crippen molar-refractivity contribution >= 4 is 17.3 Å². The number of aliphatic hydroxyl groups is 2. The van der Waals surface area contributed by atoms with Crippen molar-refractivity contribution in [2.45, 2.75) is 161 Å². The normalized spacial score (nSPS) is 21.2. The maximum atomic E-state index is 15.3.